The zero-order valence-electron chi connectivity index (χ0n) is 17.6. The van der Waals surface area contributed by atoms with Crippen LogP contribution in [0.3, 0.4) is 0 Å². The molecule has 0 radical (unpaired) electrons. The Hall–Kier alpha value is -4.54. The molecule has 0 atom stereocenters. The third kappa shape index (κ3) is 4.03. The van der Waals surface area contributed by atoms with Gasteiger partial charge >= 0.3 is 0 Å². The van der Waals surface area contributed by atoms with E-state index in [4.69, 9.17) is 5.73 Å². The van der Waals surface area contributed by atoms with Crippen LogP contribution in [0, 0.1) is 30.9 Å². The van der Waals surface area contributed by atoms with Crippen molar-refractivity contribution in [3.63, 3.8) is 0 Å². The smallest absolute Gasteiger partial charge is 0.269 e. The van der Waals surface area contributed by atoms with Gasteiger partial charge in [-0.3, -0.25) is 10.1 Å². The van der Waals surface area contributed by atoms with E-state index >= 15 is 0 Å². The van der Waals surface area contributed by atoms with Crippen molar-refractivity contribution in [2.75, 3.05) is 5.73 Å². The van der Waals surface area contributed by atoms with E-state index in [2.05, 4.69) is 30.5 Å². The van der Waals surface area contributed by atoms with Gasteiger partial charge in [-0.15, -0.1) is 15.3 Å². The maximum absolute atomic E-state index is 10.8. The minimum atomic E-state index is -0.469. The molecular formula is C21H19N9O2. The highest BCUT2D eigenvalue weighted by molar-refractivity contribution is 5.77. The molecule has 160 valence electrons. The average Bonchev–Trinajstić information content (AvgIpc) is 3.08. The summed E-state index contributed by atoms with van der Waals surface area (Å²) in [5, 5.41) is 32.1. The Morgan fingerprint density at radius 3 is 2.03 bits per heavy atom. The summed E-state index contributed by atoms with van der Waals surface area (Å²) in [6.07, 6.45) is 0. The van der Waals surface area contributed by atoms with Gasteiger partial charge in [-0.05, 0) is 45.0 Å². The molecule has 0 amide bonds. The number of anilines is 1. The van der Waals surface area contributed by atoms with Crippen molar-refractivity contribution in [1.29, 1.82) is 0 Å². The van der Waals surface area contributed by atoms with E-state index < -0.39 is 4.92 Å². The highest BCUT2D eigenvalue weighted by atomic mass is 16.6. The molecule has 11 nitrogen and oxygen atoms in total. The fraction of sp³-hybridized carbons (Fsp3) is 0.143. The molecule has 0 saturated carbocycles. The van der Waals surface area contributed by atoms with Gasteiger partial charge in [0.15, 0.2) is 17.2 Å². The maximum Gasteiger partial charge on any atom is 0.269 e. The van der Waals surface area contributed by atoms with Crippen molar-refractivity contribution in [2.24, 2.45) is 20.5 Å². The van der Waals surface area contributed by atoms with Gasteiger partial charge in [-0.25, -0.2) is 9.50 Å². The molecule has 2 N–H and O–H groups in total. The van der Waals surface area contributed by atoms with E-state index in [1.807, 2.05) is 38.1 Å². The van der Waals surface area contributed by atoms with Crippen LogP contribution in [-0.4, -0.2) is 19.5 Å². The molecular weight excluding hydrogens is 410 g/mol. The first kappa shape index (κ1) is 20.7. The van der Waals surface area contributed by atoms with Crippen LogP contribution in [0.4, 0.5) is 34.3 Å². The van der Waals surface area contributed by atoms with Gasteiger partial charge in [0, 0.05) is 12.1 Å². The standard InChI is InChI=1S/C21H19N9O2/c1-12-4-6-15(7-5-12)25-27-19-20(22)28-29-14(3)18(13(2)23-21(19)29)26-24-16-8-10-17(11-9-16)30(31)32/h4-11H,1-3H3,(H2,22,28). The number of azo groups is 2. The van der Waals surface area contributed by atoms with Gasteiger partial charge in [0.1, 0.15) is 5.69 Å². The fourth-order valence-electron chi connectivity index (χ4n) is 3.03. The Labute approximate surface area is 182 Å². The maximum atomic E-state index is 10.8. The first-order chi connectivity index (χ1) is 15.3. The highest BCUT2D eigenvalue weighted by Gasteiger charge is 2.17. The molecule has 0 fully saturated rings. The van der Waals surface area contributed by atoms with Crippen LogP contribution in [0.25, 0.3) is 5.65 Å². The Balaban J connectivity index is 1.69. The Morgan fingerprint density at radius 1 is 0.875 bits per heavy atom. The van der Waals surface area contributed by atoms with Gasteiger partial charge < -0.3 is 5.73 Å². The Kier molecular flexibility index (Phi) is 5.37. The summed E-state index contributed by atoms with van der Waals surface area (Å²) in [5.41, 5.74) is 11.0. The summed E-state index contributed by atoms with van der Waals surface area (Å²) in [6, 6.07) is 13.4. The van der Waals surface area contributed by atoms with Gasteiger partial charge in [0.05, 0.1) is 27.7 Å². The van der Waals surface area contributed by atoms with E-state index in [0.29, 0.717) is 39.8 Å². The third-order valence-corrected chi connectivity index (χ3v) is 4.76. The van der Waals surface area contributed by atoms with Gasteiger partial charge in [-0.2, -0.15) is 10.2 Å². The third-order valence-electron chi connectivity index (χ3n) is 4.76. The lowest BCUT2D eigenvalue weighted by Crippen LogP contribution is -1.99. The van der Waals surface area contributed by atoms with Crippen molar-refractivity contribution < 1.29 is 4.92 Å². The zero-order chi connectivity index (χ0) is 22.8. The number of rotatable bonds is 5. The first-order valence-corrected chi connectivity index (χ1v) is 9.63. The van der Waals surface area contributed by atoms with Crippen LogP contribution >= 0.6 is 0 Å². The number of nitrogens with zero attached hydrogens (tertiary/aromatic N) is 8. The number of nitro benzene ring substituents is 1. The monoisotopic (exact) mass is 429 g/mol. The number of non-ortho nitro benzene ring substituents is 1. The van der Waals surface area contributed by atoms with Crippen LogP contribution in [0.2, 0.25) is 0 Å². The second-order valence-electron chi connectivity index (χ2n) is 7.11. The topological polar surface area (TPSA) is 149 Å². The predicted octanol–water partition coefficient (Wildman–Crippen LogP) is 5.98. The molecule has 0 saturated heterocycles. The summed E-state index contributed by atoms with van der Waals surface area (Å²) in [7, 11) is 0. The number of aromatic nitrogens is 3. The molecule has 2 aromatic carbocycles. The summed E-state index contributed by atoms with van der Waals surface area (Å²) in [4.78, 5) is 14.9. The van der Waals surface area contributed by atoms with Crippen LogP contribution in [-0.2, 0) is 0 Å². The van der Waals surface area contributed by atoms with Crippen molar-refractivity contribution in [2.45, 2.75) is 20.8 Å². The number of nitrogen functional groups attached to an aromatic ring is 1. The molecule has 4 aromatic rings. The van der Waals surface area contributed by atoms with E-state index in [1.54, 1.807) is 11.4 Å². The molecule has 0 bridgehead atoms. The number of benzene rings is 2. The number of hydrogen-bond acceptors (Lipinski definition) is 9. The van der Waals surface area contributed by atoms with Crippen LogP contribution in [0.1, 0.15) is 17.0 Å². The summed E-state index contributed by atoms with van der Waals surface area (Å²) in [5.74, 6) is 0.195. The summed E-state index contributed by atoms with van der Waals surface area (Å²) >= 11 is 0. The molecule has 0 aliphatic heterocycles. The molecule has 0 aliphatic rings. The molecule has 0 unspecified atom stereocenters. The lowest BCUT2D eigenvalue weighted by molar-refractivity contribution is -0.384. The zero-order valence-corrected chi connectivity index (χ0v) is 17.6. The Morgan fingerprint density at radius 2 is 1.44 bits per heavy atom. The van der Waals surface area contributed by atoms with E-state index in [9.17, 15) is 10.1 Å². The Bertz CT molecular complexity index is 1370. The number of nitrogens with two attached hydrogens (primary N) is 1. The molecule has 2 heterocycles. The van der Waals surface area contributed by atoms with Gasteiger partial charge in [0.2, 0.25) is 0 Å². The highest BCUT2D eigenvalue weighted by Crippen LogP contribution is 2.33. The normalized spacial score (nSPS) is 11.7. The van der Waals surface area contributed by atoms with Crippen LogP contribution in [0.15, 0.2) is 69.0 Å². The minimum absolute atomic E-state index is 0.0151. The first-order valence-electron chi connectivity index (χ1n) is 9.63. The molecule has 4 rings (SSSR count). The van der Waals surface area contributed by atoms with Gasteiger partial charge in [0.25, 0.3) is 5.69 Å². The van der Waals surface area contributed by atoms with Crippen LogP contribution in [0.5, 0.6) is 0 Å². The molecule has 2 aromatic heterocycles. The van der Waals surface area contributed by atoms with E-state index in [0.717, 1.165) is 5.56 Å². The van der Waals surface area contributed by atoms with E-state index in [1.165, 1.54) is 24.3 Å². The lowest BCUT2D eigenvalue weighted by atomic mass is 10.2. The van der Waals surface area contributed by atoms with Gasteiger partial charge in [-0.1, -0.05) is 17.7 Å². The molecule has 32 heavy (non-hydrogen) atoms. The SMILES string of the molecule is Cc1ccc(N=Nc2c(N)nn3c(C)c(N=Nc4ccc([N+](=O)[O-])cc4)c(C)nc23)cc1. The van der Waals surface area contributed by atoms with Crippen molar-refractivity contribution in [3.8, 4) is 0 Å². The number of hydrogen-bond donors (Lipinski definition) is 1. The second-order valence-corrected chi connectivity index (χ2v) is 7.11. The van der Waals surface area contributed by atoms with Crippen molar-refractivity contribution in [3.05, 3.63) is 75.6 Å². The minimum Gasteiger partial charge on any atom is -0.380 e. The van der Waals surface area contributed by atoms with Crippen molar-refractivity contribution >= 4 is 39.9 Å². The molecule has 0 spiro atoms. The fourth-order valence-corrected chi connectivity index (χ4v) is 3.03. The molecule has 0 aliphatic carbocycles. The largest absolute Gasteiger partial charge is 0.380 e. The van der Waals surface area contributed by atoms with Crippen LogP contribution < -0.4 is 5.73 Å². The average molecular weight is 429 g/mol. The van der Waals surface area contributed by atoms with E-state index in [-0.39, 0.29) is 11.5 Å². The molecule has 11 heteroatoms. The number of nitro groups is 1. The number of fused-ring (bicyclic) bond motifs is 1. The second kappa shape index (κ2) is 8.30. The lowest BCUT2D eigenvalue weighted by Gasteiger charge is -2.05. The number of aryl methyl sites for hydroxylation is 3. The summed E-state index contributed by atoms with van der Waals surface area (Å²) < 4.78 is 1.55. The summed E-state index contributed by atoms with van der Waals surface area (Å²) in [6.45, 7) is 5.61. The predicted molar refractivity (Wildman–Crippen MR) is 120 cm³/mol. The quantitative estimate of drug-likeness (QED) is 0.235. The van der Waals surface area contributed by atoms with Crippen molar-refractivity contribution in [1.82, 2.24) is 14.6 Å².